The Hall–Kier alpha value is -1.83. The Morgan fingerprint density at radius 1 is 0.810 bits per heavy atom. The topological polar surface area (TPSA) is 38.9 Å². The van der Waals surface area contributed by atoms with Crippen molar-refractivity contribution in [3.63, 3.8) is 0 Å². The molecular weight excluding hydrogens is 256 g/mol. The maximum atomic E-state index is 5.66. The lowest BCUT2D eigenvalue weighted by Crippen LogP contribution is -2.10. The number of anilines is 1. The smallest absolute Gasteiger partial charge is 0.0316 e. The molecule has 0 atom stereocenters. The Balaban J connectivity index is 0.000000211. The van der Waals surface area contributed by atoms with Crippen molar-refractivity contribution in [1.82, 2.24) is 4.98 Å². The highest BCUT2D eigenvalue weighted by Gasteiger charge is 2.13. The molecule has 2 N–H and O–H groups in total. The third-order valence-corrected chi connectivity index (χ3v) is 3.28. The van der Waals surface area contributed by atoms with Crippen LogP contribution in [0.3, 0.4) is 0 Å². The van der Waals surface area contributed by atoms with Crippen LogP contribution in [0.2, 0.25) is 0 Å². The first-order valence-corrected chi connectivity index (χ1v) is 7.37. The summed E-state index contributed by atoms with van der Waals surface area (Å²) in [4.78, 5) is 4.05. The van der Waals surface area contributed by atoms with E-state index < -0.39 is 0 Å². The molecule has 2 rings (SSSR count). The van der Waals surface area contributed by atoms with E-state index in [2.05, 4.69) is 58.7 Å². The molecule has 1 aromatic heterocycles. The van der Waals surface area contributed by atoms with Crippen molar-refractivity contribution in [3.8, 4) is 0 Å². The van der Waals surface area contributed by atoms with Crippen LogP contribution in [0, 0.1) is 0 Å². The van der Waals surface area contributed by atoms with Gasteiger partial charge in [-0.1, -0.05) is 59.7 Å². The lowest BCUT2D eigenvalue weighted by Gasteiger charge is -2.18. The van der Waals surface area contributed by atoms with Crippen molar-refractivity contribution in [2.45, 2.75) is 52.4 Å². The van der Waals surface area contributed by atoms with Gasteiger partial charge in [-0.25, -0.2) is 0 Å². The molecule has 0 aliphatic carbocycles. The van der Waals surface area contributed by atoms with Gasteiger partial charge >= 0.3 is 0 Å². The van der Waals surface area contributed by atoms with Crippen LogP contribution >= 0.6 is 0 Å². The lowest BCUT2D eigenvalue weighted by atomic mass is 9.87. The van der Waals surface area contributed by atoms with Crippen molar-refractivity contribution in [3.05, 3.63) is 59.9 Å². The molecule has 0 aliphatic rings. The molecule has 0 unspecified atom stereocenters. The Kier molecular flexibility index (Phi) is 5.54. The summed E-state index contributed by atoms with van der Waals surface area (Å²) < 4.78 is 0. The van der Waals surface area contributed by atoms with Crippen molar-refractivity contribution in [2.24, 2.45) is 0 Å². The summed E-state index contributed by atoms with van der Waals surface area (Å²) in [7, 11) is 0. The first-order chi connectivity index (χ1) is 9.60. The van der Waals surface area contributed by atoms with Gasteiger partial charge in [0.1, 0.15) is 0 Å². The average Bonchev–Trinajstić information content (AvgIpc) is 2.38. The molecule has 0 radical (unpaired) electrons. The van der Waals surface area contributed by atoms with E-state index in [9.17, 15) is 0 Å². The summed E-state index contributed by atoms with van der Waals surface area (Å²) in [5, 5.41) is 0. The zero-order chi connectivity index (χ0) is 16.1. The summed E-state index contributed by atoms with van der Waals surface area (Å²) >= 11 is 0. The van der Waals surface area contributed by atoms with Gasteiger partial charge < -0.3 is 5.73 Å². The fraction of sp³-hybridized carbons (Fsp3) is 0.421. The minimum absolute atomic E-state index is 0.204. The largest absolute Gasteiger partial charge is 0.399 e. The molecule has 2 nitrogen and oxygen atoms in total. The van der Waals surface area contributed by atoms with Gasteiger partial charge in [-0.05, 0) is 40.2 Å². The third kappa shape index (κ3) is 5.99. The van der Waals surface area contributed by atoms with Gasteiger partial charge in [-0.3, -0.25) is 4.98 Å². The normalized spacial score (nSPS) is 11.5. The van der Waals surface area contributed by atoms with Gasteiger partial charge in [0.25, 0.3) is 0 Å². The van der Waals surface area contributed by atoms with Crippen molar-refractivity contribution < 1.29 is 0 Å². The molecule has 114 valence electrons. The molecule has 0 saturated carbocycles. The van der Waals surface area contributed by atoms with Crippen LogP contribution in [0.5, 0.6) is 0 Å². The second-order valence-electron chi connectivity index (χ2n) is 7.37. The molecule has 0 fully saturated rings. The lowest BCUT2D eigenvalue weighted by molar-refractivity contribution is 0.587. The molecule has 21 heavy (non-hydrogen) atoms. The van der Waals surface area contributed by atoms with Crippen molar-refractivity contribution in [2.75, 3.05) is 5.73 Å². The van der Waals surface area contributed by atoms with Gasteiger partial charge in [0.2, 0.25) is 0 Å². The SMILES string of the molecule is CC(C)(C)c1cccc(N)c1.CC(C)(C)c1cccnc1. The first kappa shape index (κ1) is 17.2. The summed E-state index contributed by atoms with van der Waals surface area (Å²) in [5.74, 6) is 0. The van der Waals surface area contributed by atoms with Crippen molar-refractivity contribution in [1.29, 1.82) is 0 Å². The number of rotatable bonds is 0. The number of nitrogens with zero attached hydrogens (tertiary/aromatic N) is 1. The summed E-state index contributed by atoms with van der Waals surface area (Å²) in [6.45, 7) is 13.1. The third-order valence-electron chi connectivity index (χ3n) is 3.28. The quantitative estimate of drug-likeness (QED) is 0.695. The standard InChI is InChI=1S/C10H15N.C9H13N/c1-10(2,3)8-5-4-6-9(11)7-8;1-9(2,3)8-5-4-6-10-7-8/h4-7H,11H2,1-3H3;4-7H,1-3H3. The maximum Gasteiger partial charge on any atom is 0.0316 e. The van der Waals surface area contributed by atoms with Gasteiger partial charge in [0, 0.05) is 18.1 Å². The zero-order valence-corrected chi connectivity index (χ0v) is 14.1. The summed E-state index contributed by atoms with van der Waals surface area (Å²) in [6.07, 6.45) is 3.72. The Bertz CT molecular complexity index is 546. The van der Waals surface area contributed by atoms with E-state index in [4.69, 9.17) is 5.73 Å². The van der Waals surface area contributed by atoms with Crippen LogP contribution in [0.25, 0.3) is 0 Å². The van der Waals surface area contributed by atoms with Gasteiger partial charge in [-0.15, -0.1) is 0 Å². The van der Waals surface area contributed by atoms with Crippen LogP contribution in [0.4, 0.5) is 5.69 Å². The molecule has 2 aromatic rings. The van der Waals surface area contributed by atoms with Crippen LogP contribution in [0.1, 0.15) is 52.7 Å². The molecule has 2 heteroatoms. The van der Waals surface area contributed by atoms with Crippen LogP contribution in [-0.2, 0) is 10.8 Å². The van der Waals surface area contributed by atoms with E-state index in [1.807, 2.05) is 30.5 Å². The molecule has 0 saturated heterocycles. The fourth-order valence-electron chi connectivity index (χ4n) is 1.81. The second kappa shape index (κ2) is 6.75. The molecule has 0 bridgehead atoms. The number of benzene rings is 1. The van der Waals surface area contributed by atoms with Gasteiger partial charge in [0.05, 0.1) is 0 Å². The predicted molar refractivity (Wildman–Crippen MR) is 92.5 cm³/mol. The molecule has 0 spiro atoms. The van der Waals surface area contributed by atoms with E-state index in [1.54, 1.807) is 6.20 Å². The monoisotopic (exact) mass is 284 g/mol. The molecule has 1 heterocycles. The Morgan fingerprint density at radius 3 is 1.71 bits per heavy atom. The highest BCUT2D eigenvalue weighted by atomic mass is 14.6. The average molecular weight is 284 g/mol. The molecule has 0 amide bonds. The number of hydrogen-bond donors (Lipinski definition) is 1. The van der Waals surface area contributed by atoms with Crippen LogP contribution in [0.15, 0.2) is 48.8 Å². The minimum atomic E-state index is 0.204. The summed E-state index contributed by atoms with van der Waals surface area (Å²) in [5.41, 5.74) is 9.51. The fourth-order valence-corrected chi connectivity index (χ4v) is 1.81. The Morgan fingerprint density at radius 2 is 1.38 bits per heavy atom. The number of hydrogen-bond acceptors (Lipinski definition) is 2. The second-order valence-corrected chi connectivity index (χ2v) is 7.37. The Labute approximate surface area is 129 Å². The maximum absolute atomic E-state index is 5.66. The highest BCUT2D eigenvalue weighted by molar-refractivity contribution is 5.42. The van der Waals surface area contributed by atoms with E-state index >= 15 is 0 Å². The molecule has 0 aliphatic heterocycles. The van der Waals surface area contributed by atoms with E-state index in [0.717, 1.165) is 5.69 Å². The molecule has 1 aromatic carbocycles. The van der Waals surface area contributed by atoms with E-state index in [0.29, 0.717) is 0 Å². The van der Waals surface area contributed by atoms with Crippen molar-refractivity contribution >= 4 is 5.69 Å². The van der Waals surface area contributed by atoms with Crippen LogP contribution < -0.4 is 5.73 Å². The van der Waals surface area contributed by atoms with Crippen LogP contribution in [-0.4, -0.2) is 4.98 Å². The number of aromatic nitrogens is 1. The zero-order valence-electron chi connectivity index (χ0n) is 14.1. The number of pyridine rings is 1. The van der Waals surface area contributed by atoms with E-state index in [-0.39, 0.29) is 10.8 Å². The van der Waals surface area contributed by atoms with E-state index in [1.165, 1.54) is 11.1 Å². The van der Waals surface area contributed by atoms with Gasteiger partial charge in [-0.2, -0.15) is 0 Å². The number of nitrogens with two attached hydrogens (primary N) is 1. The number of nitrogen functional groups attached to an aromatic ring is 1. The molecular formula is C19H28N2. The summed E-state index contributed by atoms with van der Waals surface area (Å²) in [6, 6.07) is 12.1. The van der Waals surface area contributed by atoms with Gasteiger partial charge in [0.15, 0.2) is 0 Å². The first-order valence-electron chi connectivity index (χ1n) is 7.37. The minimum Gasteiger partial charge on any atom is -0.399 e. The highest BCUT2D eigenvalue weighted by Crippen LogP contribution is 2.23. The predicted octanol–water partition coefficient (Wildman–Crippen LogP) is 4.95.